The summed E-state index contributed by atoms with van der Waals surface area (Å²) in [5, 5.41) is 9.36. The molecule has 0 amide bonds. The smallest absolute Gasteiger partial charge is 0.160 e. The first-order chi connectivity index (χ1) is 32.1. The monoisotopic (exact) mass is 834 g/mol. The second kappa shape index (κ2) is 14.1. The van der Waals surface area contributed by atoms with Crippen LogP contribution in [-0.4, -0.2) is 11.5 Å². The average Bonchev–Trinajstić information content (AvgIpc) is 3.75. The quantitative estimate of drug-likeness (QED) is 0.177. The van der Waals surface area contributed by atoms with Crippen molar-refractivity contribution < 1.29 is 8.83 Å². The zero-order valence-electron chi connectivity index (χ0n) is 35.8. The predicted octanol–water partition coefficient (Wildman–Crippen LogP) is 15.8. The van der Waals surface area contributed by atoms with Crippen LogP contribution in [-0.2, 0) is 6.42 Å². The Balaban J connectivity index is 0.997. The molecule has 0 radical (unpaired) electrons. The molecule has 1 aliphatic heterocycles. The summed E-state index contributed by atoms with van der Waals surface area (Å²) in [4.78, 5) is 11.5. The molecule has 0 spiro atoms. The van der Waals surface area contributed by atoms with Gasteiger partial charge in [-0.1, -0.05) is 159 Å². The number of benzene rings is 9. The first-order valence-electron chi connectivity index (χ1n) is 23.0. The Bertz CT molecular complexity index is 3900. The summed E-state index contributed by atoms with van der Waals surface area (Å²) in [6.45, 7) is 2.30. The van der Waals surface area contributed by atoms with E-state index in [9.17, 15) is 0 Å². The van der Waals surface area contributed by atoms with E-state index in [1.54, 1.807) is 0 Å². The number of furan rings is 2. The van der Waals surface area contributed by atoms with Crippen LogP contribution in [0.4, 0.5) is 0 Å². The summed E-state index contributed by atoms with van der Waals surface area (Å²) in [5.74, 6) is 1.81. The summed E-state index contributed by atoms with van der Waals surface area (Å²) in [6.07, 6.45) is 4.13. The van der Waals surface area contributed by atoms with Crippen LogP contribution in [0, 0.1) is 11.8 Å². The van der Waals surface area contributed by atoms with Crippen molar-refractivity contribution in [1.29, 1.82) is 0 Å². The Morgan fingerprint density at radius 2 is 1.17 bits per heavy atom. The Morgan fingerprint density at radius 1 is 0.492 bits per heavy atom. The summed E-state index contributed by atoms with van der Waals surface area (Å²) >= 11 is 0. The molecule has 4 nitrogen and oxygen atoms in total. The van der Waals surface area contributed by atoms with Gasteiger partial charge >= 0.3 is 0 Å². The second-order valence-electron chi connectivity index (χ2n) is 18.4. The third kappa shape index (κ3) is 5.69. The summed E-state index contributed by atoms with van der Waals surface area (Å²) < 4.78 is 13.3. The van der Waals surface area contributed by atoms with Gasteiger partial charge in [-0.05, 0) is 116 Å². The molecule has 9 aromatic carbocycles. The number of allylic oxidation sites excluding steroid dienone is 1. The van der Waals surface area contributed by atoms with Crippen molar-refractivity contribution in [1.82, 2.24) is 0 Å². The Hall–Kier alpha value is -7.82. The maximum atomic E-state index is 6.69. The third-order valence-electron chi connectivity index (χ3n) is 14.7. The minimum atomic E-state index is 0.0451. The maximum Gasteiger partial charge on any atom is 0.160 e. The van der Waals surface area contributed by atoms with Crippen molar-refractivity contribution in [3.63, 3.8) is 0 Å². The van der Waals surface area contributed by atoms with Crippen LogP contribution in [0.1, 0.15) is 58.6 Å². The first kappa shape index (κ1) is 36.6. The van der Waals surface area contributed by atoms with Gasteiger partial charge in [-0.25, -0.2) is 9.98 Å². The van der Waals surface area contributed by atoms with E-state index in [0.717, 1.165) is 90.2 Å². The molecular formula is C61H42N2O2. The fraction of sp³-hybridized carbons (Fsp3) is 0.115. The van der Waals surface area contributed by atoms with Gasteiger partial charge in [0.25, 0.3) is 0 Å². The first-order valence-corrected chi connectivity index (χ1v) is 23.0. The highest BCUT2D eigenvalue weighted by Gasteiger charge is 2.54. The summed E-state index contributed by atoms with van der Waals surface area (Å²) in [6, 6.07) is 65.8. The number of hydrogen-bond acceptors (Lipinski definition) is 4. The minimum absolute atomic E-state index is 0.0451. The molecule has 3 unspecified atom stereocenters. The fourth-order valence-electron chi connectivity index (χ4n) is 11.6. The fourth-order valence-corrected chi connectivity index (χ4v) is 11.6. The molecular weight excluding hydrogens is 793 g/mol. The molecule has 2 aliphatic carbocycles. The summed E-state index contributed by atoms with van der Waals surface area (Å²) in [5.41, 5.74) is 15.5. The number of rotatable bonds is 4. The zero-order chi connectivity index (χ0) is 42.8. The highest BCUT2D eigenvalue weighted by atomic mass is 16.3. The lowest BCUT2D eigenvalue weighted by molar-refractivity contribution is 0.666. The van der Waals surface area contributed by atoms with Crippen LogP contribution >= 0.6 is 0 Å². The maximum absolute atomic E-state index is 6.69. The molecule has 0 bridgehead atoms. The Labute approximate surface area is 375 Å². The molecule has 2 aromatic heterocycles. The second-order valence-corrected chi connectivity index (χ2v) is 18.4. The van der Waals surface area contributed by atoms with Crippen LogP contribution in [0.15, 0.2) is 207 Å². The van der Waals surface area contributed by atoms with Crippen molar-refractivity contribution in [3.8, 4) is 11.1 Å². The van der Waals surface area contributed by atoms with Crippen LogP contribution < -0.4 is 0 Å². The molecule has 14 rings (SSSR count). The van der Waals surface area contributed by atoms with Crippen LogP contribution in [0.3, 0.4) is 0 Å². The summed E-state index contributed by atoms with van der Waals surface area (Å²) in [7, 11) is 0. The van der Waals surface area contributed by atoms with E-state index in [2.05, 4.69) is 183 Å². The number of nitrogens with zero attached hydrogens (tertiary/aromatic N) is 2. The van der Waals surface area contributed by atoms with Gasteiger partial charge in [-0.2, -0.15) is 0 Å². The lowest BCUT2D eigenvalue weighted by Crippen LogP contribution is -2.17. The highest BCUT2D eigenvalue weighted by molar-refractivity contribution is 6.21. The van der Waals surface area contributed by atoms with E-state index in [1.165, 1.54) is 44.0 Å². The lowest BCUT2D eigenvalue weighted by Gasteiger charge is -2.20. The van der Waals surface area contributed by atoms with Gasteiger partial charge in [-0.15, -0.1) is 0 Å². The normalized spacial score (nSPS) is 21.7. The van der Waals surface area contributed by atoms with Gasteiger partial charge in [0, 0.05) is 44.2 Å². The van der Waals surface area contributed by atoms with Crippen LogP contribution in [0.25, 0.3) is 82.2 Å². The molecule has 3 aliphatic rings. The van der Waals surface area contributed by atoms with E-state index < -0.39 is 0 Å². The predicted molar refractivity (Wildman–Crippen MR) is 268 cm³/mol. The van der Waals surface area contributed by atoms with Gasteiger partial charge in [-0.3, -0.25) is 0 Å². The lowest BCUT2D eigenvalue weighted by atomic mass is 9.87. The molecule has 4 heteroatoms. The molecule has 3 heterocycles. The highest BCUT2D eigenvalue weighted by Crippen LogP contribution is 2.66. The van der Waals surface area contributed by atoms with Gasteiger partial charge in [0.15, 0.2) is 5.84 Å². The van der Waals surface area contributed by atoms with E-state index in [4.69, 9.17) is 18.8 Å². The van der Waals surface area contributed by atoms with Crippen molar-refractivity contribution >= 4 is 82.7 Å². The number of hydrogen-bond donors (Lipinski definition) is 0. The zero-order valence-corrected chi connectivity index (χ0v) is 35.8. The van der Waals surface area contributed by atoms with Crippen LogP contribution in [0.5, 0.6) is 0 Å². The molecule has 1 fully saturated rings. The van der Waals surface area contributed by atoms with Gasteiger partial charge in [0.05, 0.1) is 11.4 Å². The van der Waals surface area contributed by atoms with Gasteiger partial charge in [0.2, 0.25) is 0 Å². The minimum Gasteiger partial charge on any atom is -0.456 e. The standard InChI is InChI=1S/C61H42N2O2/c1-35-25-29-51(62-61(40-27-26-36-13-2-3-14-37(36)31-40)63-59(35)48-22-12-21-45-43-18-8-10-23-52(43)65-60(45)48)57-47(28-30-54-58(57)46-20-9-11-24-53(46)64-54)56-50-34-41-32-38-15-4-5-16-39(38)33-49(41)42-17-6-7-19-44(42)55(50)56/h2-24,26-33,35,50,55-56H,25,34H2,1H3/b51-29+,62-61-,63-59+/t35?,50-,55?,56?/m0/s1. The number of fused-ring (bicyclic) bond motifs is 13. The van der Waals surface area contributed by atoms with Gasteiger partial charge < -0.3 is 8.83 Å². The topological polar surface area (TPSA) is 51.0 Å². The molecule has 4 atom stereocenters. The molecule has 65 heavy (non-hydrogen) atoms. The molecule has 308 valence electrons. The van der Waals surface area contributed by atoms with Crippen LogP contribution in [0.2, 0.25) is 0 Å². The van der Waals surface area contributed by atoms with E-state index >= 15 is 0 Å². The van der Waals surface area contributed by atoms with E-state index in [-0.39, 0.29) is 11.8 Å². The number of aliphatic imine (C=N–C) groups is 2. The van der Waals surface area contributed by atoms with Gasteiger partial charge in [0.1, 0.15) is 22.3 Å². The molecule has 1 saturated carbocycles. The largest absolute Gasteiger partial charge is 0.456 e. The average molecular weight is 835 g/mol. The SMILES string of the molecule is CC1C/C=C(c2c(C3C4c5ccccc5-c5cc6ccccc6cc5C[C@@H]43)ccc3oc4ccccc4c23)/N=C(c2ccc3ccccc3c2)\N=C/1c1cccc2c1oc1ccccc12. The Morgan fingerprint density at radius 3 is 2.03 bits per heavy atom. The van der Waals surface area contributed by atoms with Crippen molar-refractivity contribution in [2.75, 3.05) is 0 Å². The van der Waals surface area contributed by atoms with E-state index in [1.807, 2.05) is 12.1 Å². The molecule has 11 aromatic rings. The molecule has 0 saturated heterocycles. The van der Waals surface area contributed by atoms with Crippen molar-refractivity contribution in [2.24, 2.45) is 21.8 Å². The van der Waals surface area contributed by atoms with E-state index in [0.29, 0.717) is 17.7 Å². The molecule has 0 N–H and O–H groups in total. The Kier molecular flexibility index (Phi) is 7.94. The number of amidine groups is 1. The number of para-hydroxylation sites is 3. The third-order valence-corrected chi connectivity index (χ3v) is 14.7. The van der Waals surface area contributed by atoms with Crippen molar-refractivity contribution in [3.05, 3.63) is 221 Å². The van der Waals surface area contributed by atoms with Crippen molar-refractivity contribution in [2.45, 2.75) is 31.6 Å².